The van der Waals surface area contributed by atoms with Crippen LogP contribution in [0.1, 0.15) is 180 Å². The number of nitrogens with zero attached hydrogens (tertiary/aromatic N) is 1. The van der Waals surface area contributed by atoms with Gasteiger partial charge in [0.05, 0.1) is 5.52 Å². The number of hydrogen-bond donors (Lipinski definition) is 1. The molecule has 0 fully saturated rings. The quantitative estimate of drug-likeness (QED) is 0.174. The number of hydrogen-bond acceptors (Lipinski definition) is 1. The van der Waals surface area contributed by atoms with Gasteiger partial charge in [-0.2, -0.15) is 0 Å². The minimum absolute atomic E-state index is 0.0163. The van der Waals surface area contributed by atoms with Gasteiger partial charge in [0.1, 0.15) is 0 Å². The third-order valence-corrected chi connectivity index (χ3v) is 19.8. The van der Waals surface area contributed by atoms with Crippen molar-refractivity contribution in [3.8, 4) is 39.1 Å². The molecule has 0 unspecified atom stereocenters. The minimum atomic E-state index is -0.192. The van der Waals surface area contributed by atoms with Gasteiger partial charge in [0, 0.05) is 44.3 Å². The summed E-state index contributed by atoms with van der Waals surface area (Å²) in [7, 11) is 2.60. The maximum Gasteiger partial charge on any atom is 0.197 e. The molecule has 4 aliphatic carbocycles. The Morgan fingerprint density at radius 3 is 1.61 bits per heavy atom. The van der Waals surface area contributed by atoms with E-state index in [1.54, 1.807) is 0 Å². The lowest BCUT2D eigenvalue weighted by Crippen LogP contribution is -2.41. The third-order valence-electron chi connectivity index (χ3n) is 19.8. The molecular weight excluding hydrogens is 868 g/mol. The van der Waals surface area contributed by atoms with Gasteiger partial charge in [-0.3, -0.25) is 0 Å². The van der Waals surface area contributed by atoms with Gasteiger partial charge in [0.2, 0.25) is 0 Å². The van der Waals surface area contributed by atoms with Crippen LogP contribution in [0.2, 0.25) is 0 Å². The van der Waals surface area contributed by atoms with Crippen LogP contribution < -0.4 is 16.2 Å². The zero-order valence-electron chi connectivity index (χ0n) is 45.7. The summed E-state index contributed by atoms with van der Waals surface area (Å²) in [4.78, 5) is 0. The van der Waals surface area contributed by atoms with E-state index in [0.717, 1.165) is 12.8 Å². The monoisotopic (exact) mass is 942 g/mol. The molecule has 5 aliphatic rings. The van der Waals surface area contributed by atoms with Gasteiger partial charge in [-0.1, -0.05) is 175 Å². The Balaban J connectivity index is 1.16. The number of anilines is 2. The lowest BCUT2D eigenvalue weighted by Gasteiger charge is -2.43. The predicted molar refractivity (Wildman–Crippen MR) is 310 cm³/mol. The number of rotatable bonds is 4. The second-order valence-corrected chi connectivity index (χ2v) is 27.6. The SMILES string of the molecule is CC1(C)CCC(C)(C)c2cc(Nc3cc4c(cc3-c3cc(-c5cccc6c5C(C)(C)c5ccccc5-6)c5c6ccccc6n6c5c3[B]c3cc5c(cc3-6)C(C)(C)CCC5(C)C)C(C)(C)CCC4(C)C)ccc21. The second kappa shape index (κ2) is 14.7. The molecule has 0 bridgehead atoms. The van der Waals surface area contributed by atoms with Crippen molar-refractivity contribution in [1.29, 1.82) is 0 Å². The van der Waals surface area contributed by atoms with Crippen LogP contribution in [-0.4, -0.2) is 11.8 Å². The molecule has 0 spiro atoms. The van der Waals surface area contributed by atoms with Crippen molar-refractivity contribution >= 4 is 51.4 Å². The molecule has 0 saturated heterocycles. The highest BCUT2D eigenvalue weighted by atomic mass is 15.0. The lowest BCUT2D eigenvalue weighted by atomic mass is 9.55. The third kappa shape index (κ3) is 6.40. The van der Waals surface area contributed by atoms with Crippen molar-refractivity contribution in [3.05, 3.63) is 160 Å². The molecule has 2 nitrogen and oxygen atoms in total. The highest BCUT2D eigenvalue weighted by Crippen LogP contribution is 2.56. The summed E-state index contributed by atoms with van der Waals surface area (Å²) < 4.78 is 2.69. The number of nitrogens with one attached hydrogen (secondary N) is 1. The van der Waals surface area contributed by atoms with Crippen molar-refractivity contribution < 1.29 is 0 Å². The summed E-state index contributed by atoms with van der Waals surface area (Å²) in [5.41, 5.74) is 28.8. The lowest BCUT2D eigenvalue weighted by molar-refractivity contribution is 0.332. The molecule has 1 aromatic heterocycles. The Labute approximate surface area is 431 Å². The average molecular weight is 942 g/mol. The Bertz CT molecular complexity index is 3670. The van der Waals surface area contributed by atoms with Crippen molar-refractivity contribution in [2.24, 2.45) is 0 Å². The smallest absolute Gasteiger partial charge is 0.197 e. The first-order valence-electron chi connectivity index (χ1n) is 27.4. The van der Waals surface area contributed by atoms with E-state index in [2.05, 4.69) is 229 Å². The second-order valence-electron chi connectivity index (χ2n) is 27.6. The molecule has 7 aromatic carbocycles. The number of aromatic nitrogens is 1. The first-order chi connectivity index (χ1) is 33.9. The molecular formula is C69H74BN2. The number of benzene rings is 7. The molecule has 1 aliphatic heterocycles. The van der Waals surface area contributed by atoms with E-state index in [4.69, 9.17) is 0 Å². The van der Waals surface area contributed by atoms with Crippen molar-refractivity contribution in [3.63, 3.8) is 0 Å². The molecule has 1 N–H and O–H groups in total. The molecule has 0 saturated carbocycles. The molecule has 13 rings (SSSR count). The largest absolute Gasteiger partial charge is 0.355 e. The Morgan fingerprint density at radius 2 is 0.944 bits per heavy atom. The molecule has 72 heavy (non-hydrogen) atoms. The van der Waals surface area contributed by atoms with Gasteiger partial charge >= 0.3 is 0 Å². The zero-order valence-corrected chi connectivity index (χ0v) is 45.7. The van der Waals surface area contributed by atoms with E-state index in [9.17, 15) is 0 Å². The van der Waals surface area contributed by atoms with Crippen LogP contribution in [0.4, 0.5) is 11.4 Å². The van der Waals surface area contributed by atoms with Gasteiger partial charge in [0.15, 0.2) is 7.28 Å². The minimum Gasteiger partial charge on any atom is -0.355 e. The molecule has 2 heterocycles. The fourth-order valence-electron chi connectivity index (χ4n) is 14.9. The van der Waals surface area contributed by atoms with Crippen molar-refractivity contribution in [2.45, 2.75) is 173 Å². The van der Waals surface area contributed by atoms with Crippen LogP contribution in [0, 0.1) is 0 Å². The Kier molecular flexibility index (Phi) is 9.40. The highest BCUT2D eigenvalue weighted by Gasteiger charge is 2.43. The van der Waals surface area contributed by atoms with Crippen LogP contribution in [0.5, 0.6) is 0 Å². The standard InChI is InChI=1S/C69H74BN2/c1-63(2)28-29-64(3,4)50-34-40(26-27-49(50)63)71-56-38-53-51(65(5,6)30-32-67(53,9)10)36-45(56)47-35-46(43-23-19-22-42-41-20-15-17-24-48(41)69(13,14)60(42)43)59-44-21-16-18-25-57(44)72-58-39-54-52(37-55(58)70-61(47)62(59)72)66(7,8)31-33-68(54,11)12/h15-27,34-39,71H,28-33H2,1-14H3. The fraction of sp³-hybridized carbons (Fsp3) is 0.391. The fourth-order valence-corrected chi connectivity index (χ4v) is 14.9. The van der Waals surface area contributed by atoms with E-state index in [0.29, 0.717) is 0 Å². The summed E-state index contributed by atoms with van der Waals surface area (Å²) in [6.45, 7) is 34.5. The Hall–Kier alpha value is -5.80. The summed E-state index contributed by atoms with van der Waals surface area (Å²) in [6.07, 6.45) is 7.07. The van der Waals surface area contributed by atoms with Gasteiger partial charge in [-0.05, 0) is 191 Å². The highest BCUT2D eigenvalue weighted by molar-refractivity contribution is 6.73. The van der Waals surface area contributed by atoms with Crippen molar-refractivity contribution in [1.82, 2.24) is 4.57 Å². The van der Waals surface area contributed by atoms with E-state index < -0.39 is 0 Å². The van der Waals surface area contributed by atoms with Gasteiger partial charge in [-0.25, -0.2) is 0 Å². The van der Waals surface area contributed by atoms with E-state index >= 15 is 0 Å². The molecule has 1 radical (unpaired) electrons. The summed E-state index contributed by atoms with van der Waals surface area (Å²) in [5, 5.41) is 6.90. The van der Waals surface area contributed by atoms with E-state index in [1.165, 1.54) is 153 Å². The number of para-hydroxylation sites is 1. The van der Waals surface area contributed by atoms with Crippen LogP contribution in [0.3, 0.4) is 0 Å². The molecule has 363 valence electrons. The number of fused-ring (bicyclic) bond motifs is 11. The Morgan fingerprint density at radius 1 is 0.417 bits per heavy atom. The van der Waals surface area contributed by atoms with Crippen LogP contribution >= 0.6 is 0 Å². The van der Waals surface area contributed by atoms with Crippen LogP contribution in [-0.2, 0) is 37.9 Å². The molecule has 0 atom stereocenters. The van der Waals surface area contributed by atoms with Gasteiger partial charge in [-0.15, -0.1) is 0 Å². The molecule has 3 heteroatoms. The van der Waals surface area contributed by atoms with E-state index in [-0.39, 0.29) is 37.9 Å². The van der Waals surface area contributed by atoms with Gasteiger partial charge < -0.3 is 9.88 Å². The van der Waals surface area contributed by atoms with Crippen LogP contribution in [0.15, 0.2) is 115 Å². The van der Waals surface area contributed by atoms with Crippen LogP contribution in [0.25, 0.3) is 60.9 Å². The normalized spacial score (nSPS) is 20.4. The maximum absolute atomic E-state index is 4.25. The van der Waals surface area contributed by atoms with E-state index in [1.807, 2.05) is 0 Å². The summed E-state index contributed by atoms with van der Waals surface area (Å²) in [6, 6.07) is 46.0. The van der Waals surface area contributed by atoms with Gasteiger partial charge in [0.25, 0.3) is 0 Å². The topological polar surface area (TPSA) is 17.0 Å². The molecule has 0 amide bonds. The zero-order chi connectivity index (χ0) is 50.4. The summed E-state index contributed by atoms with van der Waals surface area (Å²) >= 11 is 0. The first kappa shape index (κ1) is 46.0. The first-order valence-corrected chi connectivity index (χ1v) is 27.4. The van der Waals surface area contributed by atoms with Crippen molar-refractivity contribution in [2.75, 3.05) is 5.32 Å². The summed E-state index contributed by atoms with van der Waals surface area (Å²) in [5.74, 6) is 0. The maximum atomic E-state index is 4.25. The predicted octanol–water partition coefficient (Wildman–Crippen LogP) is 17.2. The average Bonchev–Trinajstić information content (AvgIpc) is 3.81. The molecule has 8 aromatic rings.